The molecule has 0 aliphatic rings. The Hall–Kier alpha value is -2.39. The van der Waals surface area contributed by atoms with Gasteiger partial charge in [0.25, 0.3) is 5.78 Å². The first-order valence-corrected chi connectivity index (χ1v) is 9.86. The average Bonchev–Trinajstić information content (AvgIpc) is 3.05. The molecule has 0 fully saturated rings. The molecule has 0 spiro atoms. The summed E-state index contributed by atoms with van der Waals surface area (Å²) >= 11 is 7.21. The van der Waals surface area contributed by atoms with Crippen molar-refractivity contribution in [3.63, 3.8) is 0 Å². The van der Waals surface area contributed by atoms with E-state index in [4.69, 9.17) is 11.6 Å². The van der Waals surface area contributed by atoms with Crippen LogP contribution in [-0.4, -0.2) is 48.7 Å². The zero-order valence-corrected chi connectivity index (χ0v) is 16.8. The highest BCUT2D eigenvalue weighted by molar-refractivity contribution is 8.00. The molecule has 27 heavy (non-hydrogen) atoms. The third kappa shape index (κ3) is 4.30. The lowest BCUT2D eigenvalue weighted by Gasteiger charge is -2.12. The van der Waals surface area contributed by atoms with Crippen molar-refractivity contribution in [2.75, 3.05) is 23.7 Å². The first-order chi connectivity index (χ1) is 13.0. The summed E-state index contributed by atoms with van der Waals surface area (Å²) < 4.78 is 1.72. The summed E-state index contributed by atoms with van der Waals surface area (Å²) in [6.07, 6.45) is 0. The summed E-state index contributed by atoms with van der Waals surface area (Å²) in [6.45, 7) is 7.16. The summed E-state index contributed by atoms with van der Waals surface area (Å²) in [4.78, 5) is 21.5. The average molecular weight is 406 g/mol. The van der Waals surface area contributed by atoms with E-state index in [1.165, 1.54) is 11.8 Å². The standard InChI is InChI=1S/C17H20ClN7OS/c1-4-19-14-21-15(20-5-2)25-16(22-14)23-24-17(25)27-10(3)13(26)11-6-8-12(18)9-7-11/h6-10H,4-5H2,1-3H3,(H2,19,20,21,22,23)/t10-/m1/s1. The Kier molecular flexibility index (Phi) is 6.12. The molecule has 3 rings (SSSR count). The minimum atomic E-state index is -0.360. The van der Waals surface area contributed by atoms with E-state index in [-0.39, 0.29) is 11.0 Å². The monoisotopic (exact) mass is 405 g/mol. The number of carbonyl (C=O) groups is 1. The Morgan fingerprint density at radius 1 is 1.15 bits per heavy atom. The van der Waals surface area contributed by atoms with Crippen LogP contribution >= 0.6 is 23.4 Å². The van der Waals surface area contributed by atoms with Crippen LogP contribution in [0.2, 0.25) is 5.02 Å². The second kappa shape index (κ2) is 8.53. The van der Waals surface area contributed by atoms with Crippen molar-refractivity contribution in [3.05, 3.63) is 34.9 Å². The Morgan fingerprint density at radius 3 is 2.52 bits per heavy atom. The molecule has 0 radical (unpaired) electrons. The van der Waals surface area contributed by atoms with Gasteiger partial charge in [-0.3, -0.25) is 4.79 Å². The number of carbonyl (C=O) groups excluding carboxylic acids is 1. The largest absolute Gasteiger partial charge is 0.355 e. The molecular weight excluding hydrogens is 386 g/mol. The summed E-state index contributed by atoms with van der Waals surface area (Å²) in [7, 11) is 0. The summed E-state index contributed by atoms with van der Waals surface area (Å²) in [5.41, 5.74) is 0.603. The lowest BCUT2D eigenvalue weighted by atomic mass is 10.1. The molecule has 0 saturated carbocycles. The number of benzene rings is 1. The molecule has 0 saturated heterocycles. The molecule has 0 amide bonds. The third-order valence-corrected chi connectivity index (χ3v) is 4.99. The molecule has 2 N–H and O–H groups in total. The number of nitrogens with zero attached hydrogens (tertiary/aromatic N) is 5. The molecule has 0 aliphatic heterocycles. The van der Waals surface area contributed by atoms with Crippen molar-refractivity contribution in [2.45, 2.75) is 31.2 Å². The fraction of sp³-hybridized carbons (Fsp3) is 0.353. The predicted molar refractivity (Wildman–Crippen MR) is 108 cm³/mol. The number of fused-ring (bicyclic) bond motifs is 1. The van der Waals surface area contributed by atoms with Gasteiger partial charge in [0.05, 0.1) is 5.25 Å². The highest BCUT2D eigenvalue weighted by Crippen LogP contribution is 2.27. The molecule has 2 heterocycles. The number of nitrogens with one attached hydrogen (secondary N) is 2. The Balaban J connectivity index is 1.89. The number of ketones is 1. The van der Waals surface area contributed by atoms with Crippen LogP contribution in [0.15, 0.2) is 29.4 Å². The maximum Gasteiger partial charge on any atom is 0.261 e. The van der Waals surface area contributed by atoms with Crippen LogP contribution in [-0.2, 0) is 0 Å². The molecule has 0 aliphatic carbocycles. The quantitative estimate of drug-likeness (QED) is 0.434. The Morgan fingerprint density at radius 2 is 1.85 bits per heavy atom. The van der Waals surface area contributed by atoms with E-state index in [0.29, 0.717) is 46.5 Å². The van der Waals surface area contributed by atoms with E-state index < -0.39 is 0 Å². The minimum Gasteiger partial charge on any atom is -0.355 e. The number of Topliss-reactive ketones (excluding diaryl/α,β-unsaturated/α-hetero) is 1. The summed E-state index contributed by atoms with van der Waals surface area (Å²) in [6, 6.07) is 6.86. The molecule has 3 aromatic rings. The number of anilines is 2. The number of halogens is 1. The Bertz CT molecular complexity index is 944. The van der Waals surface area contributed by atoms with Crippen LogP contribution in [0, 0.1) is 0 Å². The highest BCUT2D eigenvalue weighted by atomic mass is 35.5. The zero-order valence-electron chi connectivity index (χ0n) is 15.2. The summed E-state index contributed by atoms with van der Waals surface area (Å²) in [5.74, 6) is 1.47. The number of hydrogen-bond donors (Lipinski definition) is 2. The van der Waals surface area contributed by atoms with Crippen molar-refractivity contribution in [1.29, 1.82) is 0 Å². The molecular formula is C17H20ClN7OS. The fourth-order valence-corrected chi connectivity index (χ4v) is 3.49. The van der Waals surface area contributed by atoms with Gasteiger partial charge in [-0.1, -0.05) is 23.4 Å². The normalized spacial score (nSPS) is 12.1. The smallest absolute Gasteiger partial charge is 0.261 e. The SMILES string of the molecule is CCNc1nc(NCC)n2c(S[C@H](C)C(=O)c3ccc(Cl)cc3)nnc2n1. The maximum absolute atomic E-state index is 12.7. The molecule has 1 aromatic carbocycles. The van der Waals surface area contributed by atoms with E-state index in [1.54, 1.807) is 28.7 Å². The number of hydrogen-bond acceptors (Lipinski definition) is 8. The topological polar surface area (TPSA) is 97.1 Å². The zero-order chi connectivity index (χ0) is 19.4. The van der Waals surface area contributed by atoms with Crippen LogP contribution in [0.3, 0.4) is 0 Å². The van der Waals surface area contributed by atoms with Gasteiger partial charge < -0.3 is 10.6 Å². The predicted octanol–water partition coefficient (Wildman–Crippen LogP) is 3.40. The molecule has 0 unspecified atom stereocenters. The van der Waals surface area contributed by atoms with E-state index >= 15 is 0 Å². The van der Waals surface area contributed by atoms with Crippen molar-refractivity contribution < 1.29 is 4.79 Å². The van der Waals surface area contributed by atoms with Gasteiger partial charge in [-0.2, -0.15) is 9.97 Å². The minimum absolute atomic E-state index is 0.0106. The number of aromatic nitrogens is 5. The van der Waals surface area contributed by atoms with Gasteiger partial charge in [-0.25, -0.2) is 4.40 Å². The van der Waals surface area contributed by atoms with Gasteiger partial charge in [0, 0.05) is 23.7 Å². The van der Waals surface area contributed by atoms with Gasteiger partial charge in [0.1, 0.15) is 0 Å². The molecule has 10 heteroatoms. The van der Waals surface area contributed by atoms with Crippen LogP contribution in [0.4, 0.5) is 11.9 Å². The lowest BCUT2D eigenvalue weighted by Crippen LogP contribution is -2.15. The summed E-state index contributed by atoms with van der Waals surface area (Å²) in [5, 5.41) is 15.4. The van der Waals surface area contributed by atoms with Crippen LogP contribution in [0.1, 0.15) is 31.1 Å². The van der Waals surface area contributed by atoms with Crippen LogP contribution in [0.5, 0.6) is 0 Å². The van der Waals surface area contributed by atoms with E-state index in [0.717, 1.165) is 0 Å². The van der Waals surface area contributed by atoms with Gasteiger partial charge >= 0.3 is 0 Å². The van der Waals surface area contributed by atoms with Crippen LogP contribution < -0.4 is 10.6 Å². The highest BCUT2D eigenvalue weighted by Gasteiger charge is 2.21. The van der Waals surface area contributed by atoms with Crippen molar-refractivity contribution in [3.8, 4) is 0 Å². The van der Waals surface area contributed by atoms with Crippen molar-refractivity contribution >= 4 is 46.8 Å². The van der Waals surface area contributed by atoms with Gasteiger partial charge in [-0.05, 0) is 45.0 Å². The fourth-order valence-electron chi connectivity index (χ4n) is 2.44. The van der Waals surface area contributed by atoms with E-state index in [2.05, 4.69) is 30.8 Å². The second-order valence-corrected chi connectivity index (χ2v) is 7.43. The molecule has 142 valence electrons. The van der Waals surface area contributed by atoms with E-state index in [9.17, 15) is 4.79 Å². The number of thioether (sulfide) groups is 1. The van der Waals surface area contributed by atoms with Crippen LogP contribution in [0.25, 0.3) is 5.78 Å². The van der Waals surface area contributed by atoms with Crippen molar-refractivity contribution in [2.24, 2.45) is 0 Å². The molecule has 2 aromatic heterocycles. The second-order valence-electron chi connectivity index (χ2n) is 5.68. The van der Waals surface area contributed by atoms with Gasteiger partial charge in [0.2, 0.25) is 11.9 Å². The van der Waals surface area contributed by atoms with Gasteiger partial charge in [-0.15, -0.1) is 10.2 Å². The third-order valence-electron chi connectivity index (χ3n) is 3.70. The molecule has 8 nitrogen and oxygen atoms in total. The molecule has 1 atom stereocenters. The Labute approximate surface area is 166 Å². The first-order valence-electron chi connectivity index (χ1n) is 8.60. The molecule has 0 bridgehead atoms. The lowest BCUT2D eigenvalue weighted by molar-refractivity contribution is 0.0994. The van der Waals surface area contributed by atoms with Gasteiger partial charge in [0.15, 0.2) is 10.9 Å². The first kappa shape index (κ1) is 19.4. The maximum atomic E-state index is 12.7. The number of rotatable bonds is 8. The van der Waals surface area contributed by atoms with Crippen molar-refractivity contribution in [1.82, 2.24) is 24.6 Å². The van der Waals surface area contributed by atoms with E-state index in [1.807, 2.05) is 20.8 Å².